The quantitative estimate of drug-likeness (QED) is 0.799. The van der Waals surface area contributed by atoms with Crippen molar-refractivity contribution in [1.82, 2.24) is 8.61 Å². The lowest BCUT2D eigenvalue weighted by Gasteiger charge is -2.48. The monoisotopic (exact) mass is 261 g/mol. The maximum Gasteiger partial charge on any atom is 0.282 e. The van der Waals surface area contributed by atoms with Crippen molar-refractivity contribution < 1.29 is 8.42 Å². The van der Waals surface area contributed by atoms with E-state index in [1.54, 1.807) is 4.31 Å². The van der Waals surface area contributed by atoms with Gasteiger partial charge >= 0.3 is 0 Å². The molecule has 100 valence electrons. The highest BCUT2D eigenvalue weighted by molar-refractivity contribution is 7.86. The van der Waals surface area contributed by atoms with Crippen LogP contribution in [0.5, 0.6) is 0 Å². The second-order valence-electron chi connectivity index (χ2n) is 5.60. The van der Waals surface area contributed by atoms with Crippen LogP contribution < -0.4 is 5.73 Å². The van der Waals surface area contributed by atoms with Crippen LogP contribution in [0.25, 0.3) is 0 Å². The van der Waals surface area contributed by atoms with Crippen LogP contribution in [0.2, 0.25) is 0 Å². The zero-order valence-electron chi connectivity index (χ0n) is 10.7. The number of nitrogens with zero attached hydrogens (tertiary/aromatic N) is 2. The Morgan fingerprint density at radius 2 is 2.00 bits per heavy atom. The molecule has 0 aromatic heterocycles. The summed E-state index contributed by atoms with van der Waals surface area (Å²) in [6, 6.07) is 0. The predicted octanol–water partition coefficient (Wildman–Crippen LogP) is 0.386. The standard InChI is InChI=1S/C11H23N3O2S/c1-3-11(12)8-14(9-11)17(15,16)13-6-4-5-10(2)7-13/h10H,3-9,12H2,1-2H3. The molecule has 1 unspecified atom stereocenters. The summed E-state index contributed by atoms with van der Waals surface area (Å²) in [7, 11) is -3.25. The van der Waals surface area contributed by atoms with E-state index in [9.17, 15) is 8.42 Å². The maximum absolute atomic E-state index is 12.3. The van der Waals surface area contributed by atoms with Crippen LogP contribution in [0.1, 0.15) is 33.1 Å². The molecule has 1 atom stereocenters. The molecule has 6 heteroatoms. The molecular weight excluding hydrogens is 238 g/mol. The first kappa shape index (κ1) is 13.3. The molecule has 2 aliphatic rings. The van der Waals surface area contributed by atoms with Crippen molar-refractivity contribution in [1.29, 1.82) is 0 Å². The molecule has 0 saturated carbocycles. The summed E-state index contributed by atoms with van der Waals surface area (Å²) in [5.41, 5.74) is 5.72. The predicted molar refractivity (Wildman–Crippen MR) is 67.7 cm³/mol. The summed E-state index contributed by atoms with van der Waals surface area (Å²) in [6.07, 6.45) is 2.92. The summed E-state index contributed by atoms with van der Waals surface area (Å²) in [5, 5.41) is 0. The Kier molecular flexibility index (Phi) is 3.51. The van der Waals surface area contributed by atoms with E-state index in [1.807, 2.05) is 6.92 Å². The van der Waals surface area contributed by atoms with Crippen molar-refractivity contribution in [3.63, 3.8) is 0 Å². The Labute approximate surface area is 104 Å². The minimum Gasteiger partial charge on any atom is -0.323 e. The molecule has 2 N–H and O–H groups in total. The van der Waals surface area contributed by atoms with Gasteiger partial charge in [-0.1, -0.05) is 13.8 Å². The zero-order valence-corrected chi connectivity index (χ0v) is 11.5. The first-order chi connectivity index (χ1) is 7.87. The van der Waals surface area contributed by atoms with Gasteiger partial charge in [0.1, 0.15) is 0 Å². The van der Waals surface area contributed by atoms with E-state index in [4.69, 9.17) is 5.73 Å². The number of nitrogens with two attached hydrogens (primary N) is 1. The zero-order chi connectivity index (χ0) is 12.7. The van der Waals surface area contributed by atoms with Gasteiger partial charge in [-0.2, -0.15) is 17.0 Å². The van der Waals surface area contributed by atoms with Crippen LogP contribution in [0.15, 0.2) is 0 Å². The Bertz CT molecular complexity index is 376. The molecule has 2 fully saturated rings. The first-order valence-corrected chi connectivity index (χ1v) is 7.81. The van der Waals surface area contributed by atoms with Crippen LogP contribution in [0, 0.1) is 5.92 Å². The van der Waals surface area contributed by atoms with Gasteiger partial charge in [-0.25, -0.2) is 0 Å². The number of hydrogen-bond acceptors (Lipinski definition) is 3. The topological polar surface area (TPSA) is 66.6 Å². The third-order valence-electron chi connectivity index (χ3n) is 3.96. The molecule has 0 aromatic carbocycles. The highest BCUT2D eigenvalue weighted by Gasteiger charge is 2.46. The number of piperidine rings is 1. The molecule has 2 saturated heterocycles. The van der Waals surface area contributed by atoms with Crippen molar-refractivity contribution in [2.24, 2.45) is 11.7 Å². The van der Waals surface area contributed by atoms with Gasteiger partial charge < -0.3 is 5.73 Å². The van der Waals surface area contributed by atoms with Gasteiger partial charge in [-0.3, -0.25) is 0 Å². The molecule has 0 aliphatic carbocycles. The van der Waals surface area contributed by atoms with Gasteiger partial charge in [0.2, 0.25) is 0 Å². The van der Waals surface area contributed by atoms with Crippen LogP contribution in [-0.2, 0) is 10.2 Å². The maximum atomic E-state index is 12.3. The van der Waals surface area contributed by atoms with Crippen molar-refractivity contribution in [2.75, 3.05) is 26.2 Å². The van der Waals surface area contributed by atoms with E-state index in [0.717, 1.165) is 19.3 Å². The molecule has 0 spiro atoms. The van der Waals surface area contributed by atoms with Crippen LogP contribution in [0.4, 0.5) is 0 Å². The van der Waals surface area contributed by atoms with Gasteiger partial charge in [0.15, 0.2) is 0 Å². The van der Waals surface area contributed by atoms with Crippen molar-refractivity contribution in [3.8, 4) is 0 Å². The summed E-state index contributed by atoms with van der Waals surface area (Å²) in [4.78, 5) is 0. The minimum absolute atomic E-state index is 0.297. The summed E-state index contributed by atoms with van der Waals surface area (Å²) in [5.74, 6) is 0.466. The summed E-state index contributed by atoms with van der Waals surface area (Å²) < 4.78 is 27.8. The third-order valence-corrected chi connectivity index (χ3v) is 5.85. The summed E-state index contributed by atoms with van der Waals surface area (Å²) in [6.45, 7) is 6.37. The van der Waals surface area contributed by atoms with Gasteiger partial charge in [0.25, 0.3) is 10.2 Å². The van der Waals surface area contributed by atoms with E-state index in [-0.39, 0.29) is 5.54 Å². The molecule has 0 amide bonds. The molecule has 0 radical (unpaired) electrons. The van der Waals surface area contributed by atoms with Gasteiger partial charge in [-0.15, -0.1) is 0 Å². The lowest BCUT2D eigenvalue weighted by Crippen LogP contribution is -2.70. The molecule has 2 aliphatic heterocycles. The molecule has 17 heavy (non-hydrogen) atoms. The van der Waals surface area contributed by atoms with Gasteiger partial charge in [-0.05, 0) is 25.2 Å². The second-order valence-corrected chi connectivity index (χ2v) is 7.53. The van der Waals surface area contributed by atoms with E-state index in [1.165, 1.54) is 4.31 Å². The molecule has 5 nitrogen and oxygen atoms in total. The van der Waals surface area contributed by atoms with E-state index < -0.39 is 10.2 Å². The SMILES string of the molecule is CCC1(N)CN(S(=O)(=O)N2CCCC(C)C2)C1. The van der Waals surface area contributed by atoms with Crippen LogP contribution in [-0.4, -0.2) is 48.7 Å². The Hall–Kier alpha value is -0.170. The molecule has 0 bridgehead atoms. The first-order valence-electron chi connectivity index (χ1n) is 6.41. The average molecular weight is 261 g/mol. The average Bonchev–Trinajstić information content (AvgIpc) is 2.24. The number of rotatable bonds is 3. The van der Waals surface area contributed by atoms with Crippen molar-refractivity contribution in [3.05, 3.63) is 0 Å². The lowest BCUT2D eigenvalue weighted by atomic mass is 9.91. The Morgan fingerprint density at radius 3 is 2.53 bits per heavy atom. The van der Waals surface area contributed by atoms with Crippen LogP contribution >= 0.6 is 0 Å². The Balaban J connectivity index is 2.00. The fourth-order valence-electron chi connectivity index (χ4n) is 2.56. The molecule has 2 rings (SSSR count). The normalized spacial score (nSPS) is 31.1. The van der Waals surface area contributed by atoms with E-state index >= 15 is 0 Å². The fourth-order valence-corrected chi connectivity index (χ4v) is 4.53. The van der Waals surface area contributed by atoms with Crippen LogP contribution in [0.3, 0.4) is 0 Å². The fraction of sp³-hybridized carbons (Fsp3) is 1.00. The molecule has 2 heterocycles. The highest BCUT2D eigenvalue weighted by Crippen LogP contribution is 2.28. The van der Waals surface area contributed by atoms with Crippen molar-refractivity contribution >= 4 is 10.2 Å². The molecule has 0 aromatic rings. The van der Waals surface area contributed by atoms with Gasteiger partial charge in [0.05, 0.1) is 0 Å². The van der Waals surface area contributed by atoms with E-state index in [2.05, 4.69) is 6.92 Å². The Morgan fingerprint density at radius 1 is 1.35 bits per heavy atom. The lowest BCUT2D eigenvalue weighted by molar-refractivity contribution is 0.137. The smallest absolute Gasteiger partial charge is 0.282 e. The minimum atomic E-state index is -3.25. The highest BCUT2D eigenvalue weighted by atomic mass is 32.2. The van der Waals surface area contributed by atoms with Gasteiger partial charge in [0, 0.05) is 31.7 Å². The number of hydrogen-bond donors (Lipinski definition) is 1. The largest absolute Gasteiger partial charge is 0.323 e. The van der Waals surface area contributed by atoms with Crippen molar-refractivity contribution in [2.45, 2.75) is 38.6 Å². The summed E-state index contributed by atoms with van der Waals surface area (Å²) >= 11 is 0. The molecular formula is C11H23N3O2S. The second kappa shape index (κ2) is 4.50. The van der Waals surface area contributed by atoms with E-state index in [0.29, 0.717) is 32.1 Å². The third kappa shape index (κ3) is 2.50.